The second-order valence-electron chi connectivity index (χ2n) is 7.95. The van der Waals surface area contributed by atoms with Crippen molar-refractivity contribution in [3.63, 3.8) is 0 Å². The highest BCUT2D eigenvalue weighted by Crippen LogP contribution is 2.43. The number of rotatable bonds is 8. The summed E-state index contributed by atoms with van der Waals surface area (Å²) in [7, 11) is 1.36. The van der Waals surface area contributed by atoms with E-state index in [1.807, 2.05) is 60.7 Å². The molecule has 0 saturated carbocycles. The molecule has 0 fully saturated rings. The largest absolute Gasteiger partial charge is 0.471 e. The Morgan fingerprint density at radius 3 is 2.41 bits per heavy atom. The molecule has 0 saturated heterocycles. The summed E-state index contributed by atoms with van der Waals surface area (Å²) in [5, 5.41) is 3.00. The topological polar surface area (TPSA) is 73.9 Å². The number of hydrogen-bond donors (Lipinski definition) is 1. The van der Waals surface area contributed by atoms with Crippen LogP contribution in [-0.2, 0) is 36.8 Å². The summed E-state index contributed by atoms with van der Waals surface area (Å²) in [5.74, 6) is -0.722. The van der Waals surface area contributed by atoms with Crippen molar-refractivity contribution in [2.45, 2.75) is 25.7 Å². The second-order valence-corrected chi connectivity index (χ2v) is 7.95. The third-order valence-electron chi connectivity index (χ3n) is 5.89. The van der Waals surface area contributed by atoms with Crippen molar-refractivity contribution in [1.82, 2.24) is 5.32 Å². The number of ether oxygens (including phenoxy) is 3. The zero-order valence-corrected chi connectivity index (χ0v) is 18.0. The van der Waals surface area contributed by atoms with Gasteiger partial charge in [0.1, 0.15) is 0 Å². The van der Waals surface area contributed by atoms with E-state index in [9.17, 15) is 9.59 Å². The fraction of sp³-hybridized carbons (Fsp3) is 0.308. The minimum Gasteiger partial charge on any atom is -0.471 e. The Labute approximate surface area is 187 Å². The zero-order chi connectivity index (χ0) is 22.3. The fourth-order valence-electron chi connectivity index (χ4n) is 4.26. The number of esters is 1. The number of benzene rings is 2. The van der Waals surface area contributed by atoms with Crippen LogP contribution in [0.4, 0.5) is 0 Å². The minimum atomic E-state index is -0.548. The van der Waals surface area contributed by atoms with Gasteiger partial charge in [0.05, 0.1) is 37.9 Å². The fourth-order valence-corrected chi connectivity index (χ4v) is 4.26. The van der Waals surface area contributed by atoms with Crippen molar-refractivity contribution in [2.24, 2.45) is 11.8 Å². The van der Waals surface area contributed by atoms with Crippen LogP contribution in [0.2, 0.25) is 0 Å². The molecule has 1 amide bonds. The molecule has 1 aliphatic heterocycles. The third-order valence-corrected chi connectivity index (χ3v) is 5.89. The smallest absolute Gasteiger partial charge is 0.337 e. The first kappa shape index (κ1) is 21.8. The van der Waals surface area contributed by atoms with E-state index in [2.05, 4.69) is 11.4 Å². The maximum Gasteiger partial charge on any atom is 0.337 e. The van der Waals surface area contributed by atoms with E-state index in [4.69, 9.17) is 14.2 Å². The molecule has 0 bridgehead atoms. The van der Waals surface area contributed by atoms with Crippen molar-refractivity contribution in [3.8, 4) is 0 Å². The molecule has 0 spiro atoms. The van der Waals surface area contributed by atoms with Crippen LogP contribution in [0.3, 0.4) is 0 Å². The summed E-state index contributed by atoms with van der Waals surface area (Å²) in [6, 6.07) is 19.5. The van der Waals surface area contributed by atoms with Crippen molar-refractivity contribution >= 4 is 11.9 Å². The number of fused-ring (bicyclic) bond motifs is 1. The monoisotopic (exact) mass is 433 g/mol. The molecule has 1 N–H and O–H groups in total. The van der Waals surface area contributed by atoms with E-state index >= 15 is 0 Å². The Morgan fingerprint density at radius 1 is 1.03 bits per heavy atom. The quantitative estimate of drug-likeness (QED) is 0.509. The number of hydrogen-bond acceptors (Lipinski definition) is 5. The van der Waals surface area contributed by atoms with Crippen LogP contribution < -0.4 is 5.32 Å². The van der Waals surface area contributed by atoms with Crippen molar-refractivity contribution in [2.75, 3.05) is 13.7 Å². The highest BCUT2D eigenvalue weighted by molar-refractivity contribution is 5.89. The Bertz CT molecular complexity index is 999. The van der Waals surface area contributed by atoms with E-state index in [-0.39, 0.29) is 17.7 Å². The molecular formula is C26H27NO5. The lowest BCUT2D eigenvalue weighted by atomic mass is 9.83. The predicted molar refractivity (Wildman–Crippen MR) is 119 cm³/mol. The van der Waals surface area contributed by atoms with Crippen LogP contribution >= 0.6 is 0 Å². The molecule has 0 radical (unpaired) electrons. The van der Waals surface area contributed by atoms with Crippen LogP contribution in [0.5, 0.6) is 0 Å². The first-order valence-electron chi connectivity index (χ1n) is 10.7. The van der Waals surface area contributed by atoms with Gasteiger partial charge >= 0.3 is 5.97 Å². The molecule has 32 heavy (non-hydrogen) atoms. The van der Waals surface area contributed by atoms with Crippen LogP contribution in [0.15, 0.2) is 84.1 Å². The Kier molecular flexibility index (Phi) is 7.02. The standard InChI is InChI=1S/C26H27NO5/c1-30-25(29)22-17-32-26(31-16-19-10-6-3-7-11-19)24-20(12-13-21(22)24)15-27-23(28)14-18-8-4-2-5-9-18/h2-12,17,21,24,26H,13-16H2,1H3,(H,27,28)/t21-,24-,26-/m1/s1. The predicted octanol–water partition coefficient (Wildman–Crippen LogP) is 3.54. The molecule has 1 aliphatic carbocycles. The van der Waals surface area contributed by atoms with Gasteiger partial charge < -0.3 is 19.5 Å². The normalized spacial score (nSPS) is 21.6. The third kappa shape index (κ3) is 5.08. The molecule has 2 aliphatic rings. The van der Waals surface area contributed by atoms with Gasteiger partial charge in [-0.2, -0.15) is 0 Å². The number of carbonyl (C=O) groups is 2. The minimum absolute atomic E-state index is 0.0530. The van der Waals surface area contributed by atoms with Gasteiger partial charge in [-0.15, -0.1) is 0 Å². The van der Waals surface area contributed by atoms with Crippen LogP contribution in [0.25, 0.3) is 0 Å². The number of nitrogens with one attached hydrogen (secondary N) is 1. The van der Waals surface area contributed by atoms with Gasteiger partial charge in [0.25, 0.3) is 0 Å². The van der Waals surface area contributed by atoms with E-state index in [0.717, 1.165) is 16.7 Å². The van der Waals surface area contributed by atoms with Gasteiger partial charge in [-0.1, -0.05) is 66.7 Å². The summed E-state index contributed by atoms with van der Waals surface area (Å²) >= 11 is 0. The SMILES string of the molecule is COC(=O)C1=CO[C@@H](OCc2ccccc2)[C@@H]2C(CNC(=O)Cc3ccccc3)=CC[C@H]12. The van der Waals surface area contributed by atoms with Crippen molar-refractivity contribution in [3.05, 3.63) is 95.3 Å². The van der Waals surface area contributed by atoms with Crippen molar-refractivity contribution in [1.29, 1.82) is 0 Å². The van der Waals surface area contributed by atoms with Gasteiger partial charge in [-0.25, -0.2) is 4.79 Å². The highest BCUT2D eigenvalue weighted by Gasteiger charge is 2.44. The van der Waals surface area contributed by atoms with Gasteiger partial charge in [0, 0.05) is 12.5 Å². The number of amides is 1. The molecule has 6 nitrogen and oxygen atoms in total. The van der Waals surface area contributed by atoms with Crippen LogP contribution in [-0.4, -0.2) is 31.8 Å². The number of carbonyl (C=O) groups excluding carboxylic acids is 2. The Balaban J connectivity index is 1.43. The lowest BCUT2D eigenvalue weighted by molar-refractivity contribution is -0.161. The van der Waals surface area contributed by atoms with E-state index in [1.165, 1.54) is 13.4 Å². The molecule has 2 aromatic carbocycles. The van der Waals surface area contributed by atoms with Gasteiger partial charge in [-0.3, -0.25) is 4.79 Å². The van der Waals surface area contributed by atoms with Gasteiger partial charge in [-0.05, 0) is 23.1 Å². The average Bonchev–Trinajstić information content (AvgIpc) is 3.26. The summed E-state index contributed by atoms with van der Waals surface area (Å²) in [5.41, 5.74) is 3.50. The molecule has 6 heteroatoms. The summed E-state index contributed by atoms with van der Waals surface area (Å²) in [4.78, 5) is 24.7. The molecule has 2 aromatic rings. The molecule has 0 unspecified atom stereocenters. The van der Waals surface area contributed by atoms with E-state index in [0.29, 0.717) is 31.6 Å². The molecule has 0 aromatic heterocycles. The maximum absolute atomic E-state index is 12.5. The van der Waals surface area contributed by atoms with Crippen LogP contribution in [0.1, 0.15) is 17.5 Å². The van der Waals surface area contributed by atoms with Crippen LogP contribution in [0, 0.1) is 11.8 Å². The lowest BCUT2D eigenvalue weighted by Crippen LogP contribution is -2.39. The summed E-state index contributed by atoms with van der Waals surface area (Å²) in [6.45, 7) is 0.777. The molecule has 3 atom stereocenters. The van der Waals surface area contributed by atoms with E-state index < -0.39 is 12.3 Å². The average molecular weight is 434 g/mol. The first-order valence-corrected chi connectivity index (χ1v) is 10.7. The van der Waals surface area contributed by atoms with Gasteiger partial charge in [0.15, 0.2) is 0 Å². The Morgan fingerprint density at radius 2 is 1.72 bits per heavy atom. The number of allylic oxidation sites excluding steroid dienone is 1. The zero-order valence-electron chi connectivity index (χ0n) is 18.0. The molecule has 166 valence electrons. The highest BCUT2D eigenvalue weighted by atomic mass is 16.7. The molecule has 4 rings (SSSR count). The Hall–Kier alpha value is -3.38. The summed E-state index contributed by atoms with van der Waals surface area (Å²) < 4.78 is 16.9. The van der Waals surface area contributed by atoms with Crippen molar-refractivity contribution < 1.29 is 23.8 Å². The molecule has 1 heterocycles. The second kappa shape index (κ2) is 10.3. The molecular weight excluding hydrogens is 406 g/mol. The first-order chi connectivity index (χ1) is 15.7. The summed E-state index contributed by atoms with van der Waals surface area (Å²) in [6.07, 6.45) is 3.98. The number of methoxy groups -OCH3 is 1. The van der Waals surface area contributed by atoms with E-state index in [1.54, 1.807) is 0 Å². The maximum atomic E-state index is 12.5. The lowest BCUT2D eigenvalue weighted by Gasteiger charge is -2.35. The van der Waals surface area contributed by atoms with Gasteiger partial charge in [0.2, 0.25) is 12.2 Å².